The van der Waals surface area contributed by atoms with Crippen molar-refractivity contribution in [3.8, 4) is 0 Å². The molecule has 0 saturated carbocycles. The first-order chi connectivity index (χ1) is 10.3. The van der Waals surface area contributed by atoms with Crippen molar-refractivity contribution in [2.75, 3.05) is 6.54 Å². The SMILES string of the molecule is Cc1nc([C@@H]2CCCN2Cc2cc3ccccc3o2)n[nH]1. The van der Waals surface area contributed by atoms with E-state index in [1.165, 1.54) is 6.42 Å². The van der Waals surface area contributed by atoms with Gasteiger partial charge >= 0.3 is 0 Å². The zero-order valence-electron chi connectivity index (χ0n) is 12.0. The van der Waals surface area contributed by atoms with E-state index in [0.29, 0.717) is 6.04 Å². The molecule has 0 amide bonds. The number of aromatic amines is 1. The zero-order chi connectivity index (χ0) is 14.2. The van der Waals surface area contributed by atoms with E-state index in [2.05, 4.69) is 32.2 Å². The number of para-hydroxylation sites is 1. The van der Waals surface area contributed by atoms with E-state index in [0.717, 1.165) is 47.9 Å². The molecule has 3 heterocycles. The zero-order valence-corrected chi connectivity index (χ0v) is 12.0. The number of hydrogen-bond donors (Lipinski definition) is 1. The number of fused-ring (bicyclic) bond motifs is 1. The Balaban J connectivity index is 1.57. The van der Waals surface area contributed by atoms with Crippen LogP contribution in [0.1, 0.15) is 36.3 Å². The summed E-state index contributed by atoms with van der Waals surface area (Å²) in [5, 5.41) is 8.43. The smallest absolute Gasteiger partial charge is 0.167 e. The highest BCUT2D eigenvalue weighted by molar-refractivity contribution is 5.77. The van der Waals surface area contributed by atoms with Crippen molar-refractivity contribution in [2.45, 2.75) is 32.4 Å². The molecule has 5 nitrogen and oxygen atoms in total. The molecule has 21 heavy (non-hydrogen) atoms. The third kappa shape index (κ3) is 2.34. The van der Waals surface area contributed by atoms with Gasteiger partial charge in [-0.3, -0.25) is 10.00 Å². The lowest BCUT2D eigenvalue weighted by molar-refractivity contribution is 0.223. The van der Waals surface area contributed by atoms with E-state index in [-0.39, 0.29) is 0 Å². The molecular weight excluding hydrogens is 264 g/mol. The number of hydrogen-bond acceptors (Lipinski definition) is 4. The number of nitrogens with zero attached hydrogens (tertiary/aromatic N) is 3. The lowest BCUT2D eigenvalue weighted by Gasteiger charge is -2.20. The Morgan fingerprint density at radius 2 is 2.29 bits per heavy atom. The molecule has 108 valence electrons. The van der Waals surface area contributed by atoms with Crippen LogP contribution >= 0.6 is 0 Å². The number of H-pyrrole nitrogens is 1. The van der Waals surface area contributed by atoms with Gasteiger partial charge in [-0.05, 0) is 38.4 Å². The maximum atomic E-state index is 5.93. The van der Waals surface area contributed by atoms with Crippen LogP contribution in [0, 0.1) is 6.92 Å². The summed E-state index contributed by atoms with van der Waals surface area (Å²) in [7, 11) is 0. The number of benzene rings is 1. The standard InChI is InChI=1S/C16H18N4O/c1-11-17-16(19-18-11)14-6-4-8-20(14)10-13-9-12-5-2-3-7-15(12)21-13/h2-3,5,7,9,14H,4,6,8,10H2,1H3,(H,17,18,19)/t14-/m0/s1. The average Bonchev–Trinajstić information content (AvgIpc) is 3.17. The number of nitrogens with one attached hydrogen (secondary N) is 1. The molecule has 5 heteroatoms. The maximum absolute atomic E-state index is 5.93. The van der Waals surface area contributed by atoms with Crippen molar-refractivity contribution in [3.63, 3.8) is 0 Å². The molecule has 1 N–H and O–H groups in total. The fraction of sp³-hybridized carbons (Fsp3) is 0.375. The predicted molar refractivity (Wildman–Crippen MR) is 79.7 cm³/mol. The third-order valence-corrected chi connectivity index (χ3v) is 4.11. The fourth-order valence-electron chi connectivity index (χ4n) is 3.13. The maximum Gasteiger partial charge on any atom is 0.167 e. The van der Waals surface area contributed by atoms with E-state index >= 15 is 0 Å². The van der Waals surface area contributed by atoms with Gasteiger partial charge in [-0.15, -0.1) is 0 Å². The summed E-state index contributed by atoms with van der Waals surface area (Å²) in [6, 6.07) is 10.6. The summed E-state index contributed by atoms with van der Waals surface area (Å²) >= 11 is 0. The molecule has 0 aliphatic carbocycles. The van der Waals surface area contributed by atoms with E-state index in [1.54, 1.807) is 0 Å². The molecule has 3 aromatic rings. The van der Waals surface area contributed by atoms with Gasteiger partial charge in [0.2, 0.25) is 0 Å². The lowest BCUT2D eigenvalue weighted by atomic mass is 10.2. The number of rotatable bonds is 3. The molecule has 0 unspecified atom stereocenters. The molecule has 4 rings (SSSR count). The highest BCUT2D eigenvalue weighted by Crippen LogP contribution is 2.32. The van der Waals surface area contributed by atoms with Crippen LogP contribution in [0.15, 0.2) is 34.7 Å². The van der Waals surface area contributed by atoms with Gasteiger partial charge in [0.15, 0.2) is 5.82 Å². The third-order valence-electron chi connectivity index (χ3n) is 4.11. The van der Waals surface area contributed by atoms with Crippen molar-refractivity contribution in [1.29, 1.82) is 0 Å². The predicted octanol–water partition coefficient (Wildman–Crippen LogP) is 3.20. The second kappa shape index (κ2) is 5.00. The van der Waals surface area contributed by atoms with Gasteiger partial charge in [0.1, 0.15) is 17.2 Å². The minimum absolute atomic E-state index is 0.295. The second-order valence-corrected chi connectivity index (χ2v) is 5.66. The largest absolute Gasteiger partial charge is 0.460 e. The summed E-state index contributed by atoms with van der Waals surface area (Å²) < 4.78 is 5.93. The first-order valence-corrected chi connectivity index (χ1v) is 7.40. The first kappa shape index (κ1) is 12.6. The molecule has 1 aliphatic rings. The van der Waals surface area contributed by atoms with E-state index in [1.807, 2.05) is 25.1 Å². The van der Waals surface area contributed by atoms with Gasteiger partial charge in [0, 0.05) is 5.39 Å². The molecule has 2 aromatic heterocycles. The first-order valence-electron chi connectivity index (χ1n) is 7.40. The van der Waals surface area contributed by atoms with Crippen LogP contribution < -0.4 is 0 Å². The molecule has 1 atom stereocenters. The Labute approximate surface area is 123 Å². The van der Waals surface area contributed by atoms with Crippen LogP contribution in [0.4, 0.5) is 0 Å². The summed E-state index contributed by atoms with van der Waals surface area (Å²) in [5.41, 5.74) is 0.956. The van der Waals surface area contributed by atoms with Gasteiger partial charge in [0.05, 0.1) is 12.6 Å². The quantitative estimate of drug-likeness (QED) is 0.801. The lowest BCUT2D eigenvalue weighted by Crippen LogP contribution is -2.23. The van der Waals surface area contributed by atoms with Crippen LogP contribution in [0.25, 0.3) is 11.0 Å². The molecule has 0 bridgehead atoms. The summed E-state index contributed by atoms with van der Waals surface area (Å²) in [6.45, 7) is 3.82. The topological polar surface area (TPSA) is 58.0 Å². The normalized spacial score (nSPS) is 19.6. The highest BCUT2D eigenvalue weighted by Gasteiger charge is 2.29. The number of aromatic nitrogens is 3. The van der Waals surface area contributed by atoms with Crippen molar-refractivity contribution in [2.24, 2.45) is 0 Å². The number of aryl methyl sites for hydroxylation is 1. The highest BCUT2D eigenvalue weighted by atomic mass is 16.3. The molecule has 1 aliphatic heterocycles. The van der Waals surface area contributed by atoms with Gasteiger partial charge in [0.25, 0.3) is 0 Å². The molecule has 0 radical (unpaired) electrons. The van der Waals surface area contributed by atoms with E-state index < -0.39 is 0 Å². The summed E-state index contributed by atoms with van der Waals surface area (Å²) in [6.07, 6.45) is 2.29. The molecule has 0 spiro atoms. The monoisotopic (exact) mass is 282 g/mol. The Hall–Kier alpha value is -2.14. The van der Waals surface area contributed by atoms with Crippen LogP contribution in [0.3, 0.4) is 0 Å². The summed E-state index contributed by atoms with van der Waals surface area (Å²) in [5.74, 6) is 2.79. The van der Waals surface area contributed by atoms with Gasteiger partial charge < -0.3 is 4.42 Å². The van der Waals surface area contributed by atoms with Crippen molar-refractivity contribution in [3.05, 3.63) is 47.7 Å². The molecule has 1 saturated heterocycles. The number of likely N-dealkylation sites (tertiary alicyclic amines) is 1. The molecule has 1 aromatic carbocycles. The van der Waals surface area contributed by atoms with Gasteiger partial charge in [-0.1, -0.05) is 18.2 Å². The Morgan fingerprint density at radius 3 is 3.10 bits per heavy atom. The van der Waals surface area contributed by atoms with Crippen molar-refractivity contribution in [1.82, 2.24) is 20.1 Å². The van der Waals surface area contributed by atoms with Crippen LogP contribution in [-0.4, -0.2) is 26.6 Å². The van der Waals surface area contributed by atoms with Crippen LogP contribution in [-0.2, 0) is 6.54 Å². The van der Waals surface area contributed by atoms with Gasteiger partial charge in [-0.25, -0.2) is 4.98 Å². The minimum Gasteiger partial charge on any atom is -0.460 e. The van der Waals surface area contributed by atoms with Crippen LogP contribution in [0.5, 0.6) is 0 Å². The average molecular weight is 282 g/mol. The second-order valence-electron chi connectivity index (χ2n) is 5.66. The van der Waals surface area contributed by atoms with E-state index in [9.17, 15) is 0 Å². The van der Waals surface area contributed by atoms with Crippen molar-refractivity contribution >= 4 is 11.0 Å². The summed E-state index contributed by atoms with van der Waals surface area (Å²) in [4.78, 5) is 6.89. The Morgan fingerprint density at radius 1 is 1.38 bits per heavy atom. The van der Waals surface area contributed by atoms with Crippen LogP contribution in [0.2, 0.25) is 0 Å². The van der Waals surface area contributed by atoms with Crippen molar-refractivity contribution < 1.29 is 4.42 Å². The fourth-order valence-corrected chi connectivity index (χ4v) is 3.13. The Bertz CT molecular complexity index is 727. The Kier molecular flexibility index (Phi) is 3.00. The van der Waals surface area contributed by atoms with Gasteiger partial charge in [-0.2, -0.15) is 5.10 Å². The minimum atomic E-state index is 0.295. The number of furan rings is 1. The molecule has 1 fully saturated rings. The van der Waals surface area contributed by atoms with E-state index in [4.69, 9.17) is 4.42 Å². The molecular formula is C16H18N4O.